The number of carbonyl (C=O) groups is 1. The third kappa shape index (κ3) is 2.43. The highest BCUT2D eigenvalue weighted by atomic mass is 16.5. The van der Waals surface area contributed by atoms with Crippen LogP contribution in [-0.4, -0.2) is 15.9 Å². The van der Waals surface area contributed by atoms with E-state index in [4.69, 9.17) is 4.74 Å². The third-order valence-corrected chi connectivity index (χ3v) is 1.90. The van der Waals surface area contributed by atoms with Crippen LogP contribution in [0.5, 0.6) is 0 Å². The van der Waals surface area contributed by atoms with Crippen molar-refractivity contribution < 1.29 is 9.53 Å². The molecule has 0 amide bonds. The van der Waals surface area contributed by atoms with Crippen LogP contribution in [-0.2, 0) is 11.3 Å². The van der Waals surface area contributed by atoms with E-state index in [0.717, 1.165) is 5.56 Å². The van der Waals surface area contributed by atoms with Crippen molar-refractivity contribution in [2.75, 3.05) is 0 Å². The fraction of sp³-hybridized carbons (Fsp3) is 0.0909. The van der Waals surface area contributed by atoms with Crippen LogP contribution in [0.25, 0.3) is 0 Å². The van der Waals surface area contributed by atoms with Gasteiger partial charge in [-0.3, -0.25) is 0 Å². The Bertz CT molecular complexity index is 423. The molecule has 4 heteroatoms. The van der Waals surface area contributed by atoms with Gasteiger partial charge in [-0.1, -0.05) is 30.3 Å². The minimum Gasteiger partial charge on any atom is -0.455 e. The molecule has 76 valence electrons. The van der Waals surface area contributed by atoms with E-state index in [9.17, 15) is 4.79 Å². The Kier molecular flexibility index (Phi) is 2.78. The maximum Gasteiger partial charge on any atom is 0.374 e. The largest absolute Gasteiger partial charge is 0.455 e. The molecular weight excluding hydrogens is 192 g/mol. The Morgan fingerprint density at radius 3 is 2.80 bits per heavy atom. The normalized spacial score (nSPS) is 9.87. The molecule has 4 nitrogen and oxygen atoms in total. The molecule has 0 aliphatic carbocycles. The average molecular weight is 202 g/mol. The first-order chi connectivity index (χ1) is 7.36. The number of carbonyl (C=O) groups excluding carboxylic acids is 1. The van der Waals surface area contributed by atoms with Crippen molar-refractivity contribution in [3.8, 4) is 0 Å². The summed E-state index contributed by atoms with van der Waals surface area (Å²) in [6, 6.07) is 9.51. The number of imidazole rings is 1. The van der Waals surface area contributed by atoms with E-state index >= 15 is 0 Å². The molecule has 0 saturated carbocycles. The van der Waals surface area contributed by atoms with Crippen molar-refractivity contribution >= 4 is 5.97 Å². The fourth-order valence-electron chi connectivity index (χ4n) is 1.17. The smallest absolute Gasteiger partial charge is 0.374 e. The Labute approximate surface area is 86.9 Å². The first-order valence-electron chi connectivity index (χ1n) is 4.56. The van der Waals surface area contributed by atoms with Crippen LogP contribution < -0.4 is 0 Å². The minimum atomic E-state index is -0.441. The van der Waals surface area contributed by atoms with E-state index in [2.05, 4.69) is 9.97 Å². The van der Waals surface area contributed by atoms with Gasteiger partial charge in [0.05, 0.1) is 0 Å². The number of rotatable bonds is 3. The van der Waals surface area contributed by atoms with E-state index in [-0.39, 0.29) is 12.4 Å². The molecule has 1 aromatic heterocycles. The van der Waals surface area contributed by atoms with Gasteiger partial charge in [0.1, 0.15) is 6.61 Å². The number of aromatic nitrogens is 2. The first-order valence-corrected chi connectivity index (χ1v) is 4.56. The number of esters is 1. The van der Waals surface area contributed by atoms with Crippen LogP contribution in [0, 0.1) is 0 Å². The van der Waals surface area contributed by atoms with Gasteiger partial charge in [0.2, 0.25) is 5.82 Å². The monoisotopic (exact) mass is 202 g/mol. The van der Waals surface area contributed by atoms with Gasteiger partial charge in [0, 0.05) is 12.4 Å². The highest BCUT2D eigenvalue weighted by Gasteiger charge is 2.08. The van der Waals surface area contributed by atoms with Crippen LogP contribution >= 0.6 is 0 Å². The van der Waals surface area contributed by atoms with Gasteiger partial charge in [0.15, 0.2) is 0 Å². The highest BCUT2D eigenvalue weighted by molar-refractivity contribution is 5.85. The van der Waals surface area contributed by atoms with Crippen LogP contribution in [0.4, 0.5) is 0 Å². The Morgan fingerprint density at radius 1 is 1.33 bits per heavy atom. The zero-order chi connectivity index (χ0) is 10.5. The average Bonchev–Trinajstić information content (AvgIpc) is 2.81. The number of benzene rings is 1. The van der Waals surface area contributed by atoms with Gasteiger partial charge in [-0.25, -0.2) is 9.78 Å². The van der Waals surface area contributed by atoms with Gasteiger partial charge in [-0.2, -0.15) is 0 Å². The van der Waals surface area contributed by atoms with Gasteiger partial charge < -0.3 is 9.72 Å². The second-order valence-electron chi connectivity index (χ2n) is 3.00. The molecule has 1 aromatic carbocycles. The van der Waals surface area contributed by atoms with E-state index in [1.807, 2.05) is 30.3 Å². The second-order valence-corrected chi connectivity index (χ2v) is 3.00. The molecule has 1 N–H and O–H groups in total. The third-order valence-electron chi connectivity index (χ3n) is 1.90. The topological polar surface area (TPSA) is 55.0 Å². The summed E-state index contributed by atoms with van der Waals surface area (Å²) in [5.74, 6) is -0.213. The predicted octanol–water partition coefficient (Wildman–Crippen LogP) is 1.77. The van der Waals surface area contributed by atoms with Crippen molar-refractivity contribution in [1.29, 1.82) is 0 Å². The summed E-state index contributed by atoms with van der Waals surface area (Å²) in [5, 5.41) is 0. The molecule has 0 atom stereocenters. The van der Waals surface area contributed by atoms with Gasteiger partial charge in [0.25, 0.3) is 0 Å². The first kappa shape index (κ1) is 9.45. The second kappa shape index (κ2) is 4.41. The molecule has 0 spiro atoms. The molecule has 0 radical (unpaired) electrons. The lowest BCUT2D eigenvalue weighted by molar-refractivity contribution is 0.0459. The zero-order valence-corrected chi connectivity index (χ0v) is 8.01. The lowest BCUT2D eigenvalue weighted by Crippen LogP contribution is -2.06. The summed E-state index contributed by atoms with van der Waals surface area (Å²) in [4.78, 5) is 17.8. The lowest BCUT2D eigenvalue weighted by atomic mass is 10.2. The number of nitrogens with zero attached hydrogens (tertiary/aromatic N) is 1. The van der Waals surface area contributed by atoms with Crippen molar-refractivity contribution in [3.63, 3.8) is 0 Å². The van der Waals surface area contributed by atoms with Crippen molar-refractivity contribution in [3.05, 3.63) is 54.1 Å². The molecule has 0 bridgehead atoms. The van der Waals surface area contributed by atoms with Crippen LogP contribution in [0.3, 0.4) is 0 Å². The fourth-order valence-corrected chi connectivity index (χ4v) is 1.17. The van der Waals surface area contributed by atoms with Crippen molar-refractivity contribution in [2.45, 2.75) is 6.61 Å². The molecule has 0 unspecified atom stereocenters. The van der Waals surface area contributed by atoms with Crippen LogP contribution in [0.2, 0.25) is 0 Å². The van der Waals surface area contributed by atoms with Gasteiger partial charge in [-0.05, 0) is 5.56 Å². The maximum atomic E-state index is 11.4. The summed E-state index contributed by atoms with van der Waals surface area (Å²) in [5.41, 5.74) is 0.956. The number of nitrogens with one attached hydrogen (secondary N) is 1. The number of hydrogen-bond acceptors (Lipinski definition) is 3. The Balaban J connectivity index is 1.92. The molecule has 0 saturated heterocycles. The van der Waals surface area contributed by atoms with E-state index in [1.54, 1.807) is 6.20 Å². The van der Waals surface area contributed by atoms with Crippen LogP contribution in [0.1, 0.15) is 16.2 Å². The molecule has 0 fully saturated rings. The van der Waals surface area contributed by atoms with Crippen molar-refractivity contribution in [1.82, 2.24) is 9.97 Å². The number of ether oxygens (including phenoxy) is 1. The standard InChI is InChI=1S/C11H10N2O2/c14-11(10-12-6-7-13-10)15-8-9-4-2-1-3-5-9/h1-7H,8H2,(H,12,13). The molecule has 0 aliphatic rings. The van der Waals surface area contributed by atoms with Crippen molar-refractivity contribution in [2.24, 2.45) is 0 Å². The zero-order valence-electron chi connectivity index (χ0n) is 8.01. The quantitative estimate of drug-likeness (QED) is 0.771. The minimum absolute atomic E-state index is 0.228. The number of H-pyrrole nitrogens is 1. The van der Waals surface area contributed by atoms with Gasteiger partial charge >= 0.3 is 5.97 Å². The van der Waals surface area contributed by atoms with Crippen LogP contribution in [0.15, 0.2) is 42.7 Å². The summed E-state index contributed by atoms with van der Waals surface area (Å²) < 4.78 is 5.04. The molecule has 2 rings (SSSR count). The molecule has 1 heterocycles. The highest BCUT2D eigenvalue weighted by Crippen LogP contribution is 2.02. The number of aromatic amines is 1. The summed E-state index contributed by atoms with van der Waals surface area (Å²) in [6.45, 7) is 0.264. The predicted molar refractivity (Wildman–Crippen MR) is 54.1 cm³/mol. The maximum absolute atomic E-state index is 11.4. The Morgan fingerprint density at radius 2 is 2.13 bits per heavy atom. The molecule has 2 aromatic rings. The van der Waals surface area contributed by atoms with E-state index in [1.165, 1.54) is 6.20 Å². The van der Waals surface area contributed by atoms with E-state index < -0.39 is 5.97 Å². The molecule has 0 aliphatic heterocycles. The summed E-state index contributed by atoms with van der Waals surface area (Å²) in [7, 11) is 0. The summed E-state index contributed by atoms with van der Waals surface area (Å²) >= 11 is 0. The Hall–Kier alpha value is -2.10. The number of hydrogen-bond donors (Lipinski definition) is 1. The molecule has 15 heavy (non-hydrogen) atoms. The SMILES string of the molecule is O=C(OCc1ccccc1)c1ncc[nH]1. The van der Waals surface area contributed by atoms with Gasteiger partial charge in [-0.15, -0.1) is 0 Å². The summed E-state index contributed by atoms with van der Waals surface area (Å²) in [6.07, 6.45) is 3.10. The lowest BCUT2D eigenvalue weighted by Gasteiger charge is -2.02. The van der Waals surface area contributed by atoms with E-state index in [0.29, 0.717) is 0 Å². The molecular formula is C11H10N2O2.